The first-order valence-corrected chi connectivity index (χ1v) is 4.46. The van der Waals surface area contributed by atoms with Gasteiger partial charge in [-0.2, -0.15) is 0 Å². The molecule has 1 aliphatic heterocycles. The quantitative estimate of drug-likeness (QED) is 0.561. The van der Waals surface area contributed by atoms with E-state index in [4.69, 9.17) is 5.73 Å². The number of hydrogen-bond donors (Lipinski definition) is 1. The van der Waals surface area contributed by atoms with Crippen molar-refractivity contribution in [2.24, 2.45) is 0 Å². The zero-order chi connectivity index (χ0) is 8.16. The van der Waals surface area contributed by atoms with Crippen LogP contribution in [-0.4, -0.2) is 50.8 Å². The first kappa shape index (κ1) is 8.97. The zero-order valence-corrected chi connectivity index (χ0v) is 7.40. The summed E-state index contributed by atoms with van der Waals surface area (Å²) in [6, 6.07) is 0. The summed E-state index contributed by atoms with van der Waals surface area (Å²) in [5.41, 5.74) is 7.08. The zero-order valence-electron chi connectivity index (χ0n) is 7.40. The summed E-state index contributed by atoms with van der Waals surface area (Å²) in [6.45, 7) is 6.54. The first-order valence-electron chi connectivity index (χ1n) is 4.46. The van der Waals surface area contributed by atoms with Crippen LogP contribution in [-0.2, 0) is 0 Å². The molecule has 11 heavy (non-hydrogen) atoms. The maximum absolute atomic E-state index is 7.08. The van der Waals surface area contributed by atoms with Crippen molar-refractivity contribution in [3.05, 3.63) is 0 Å². The standard InChI is InChI=1S/C8H19N3/c1-11(6-2-3-9)7-4-10-5-8-11/h9-10H,2-8H2,1H3/q+1. The van der Waals surface area contributed by atoms with Gasteiger partial charge in [0.1, 0.15) is 0 Å². The highest BCUT2D eigenvalue weighted by Crippen LogP contribution is 2.04. The van der Waals surface area contributed by atoms with Crippen molar-refractivity contribution in [2.45, 2.75) is 6.42 Å². The van der Waals surface area contributed by atoms with E-state index in [-0.39, 0.29) is 0 Å². The van der Waals surface area contributed by atoms with Crippen molar-refractivity contribution in [1.29, 1.82) is 0 Å². The lowest BCUT2D eigenvalue weighted by atomic mass is 10.2. The fourth-order valence-electron chi connectivity index (χ4n) is 1.62. The van der Waals surface area contributed by atoms with Gasteiger partial charge < -0.3 is 9.80 Å². The van der Waals surface area contributed by atoms with Crippen LogP contribution in [0.25, 0.3) is 0 Å². The molecule has 3 heteroatoms. The average molecular weight is 157 g/mol. The van der Waals surface area contributed by atoms with Crippen molar-refractivity contribution in [3.63, 3.8) is 0 Å². The normalized spacial score (nSPS) is 23.5. The molecule has 65 valence electrons. The van der Waals surface area contributed by atoms with Gasteiger partial charge in [-0.25, -0.2) is 0 Å². The second-order valence-electron chi connectivity index (χ2n) is 3.64. The molecule has 0 bridgehead atoms. The Kier molecular flexibility index (Phi) is 3.30. The Morgan fingerprint density at radius 3 is 2.55 bits per heavy atom. The van der Waals surface area contributed by atoms with Gasteiger partial charge in [-0.05, 0) is 0 Å². The lowest BCUT2D eigenvalue weighted by Gasteiger charge is -2.38. The van der Waals surface area contributed by atoms with Crippen molar-refractivity contribution in [2.75, 3.05) is 46.3 Å². The van der Waals surface area contributed by atoms with Crippen molar-refractivity contribution >= 4 is 0 Å². The monoisotopic (exact) mass is 157 g/mol. The molecule has 1 radical (unpaired) electrons. The van der Waals surface area contributed by atoms with Gasteiger partial charge in [0, 0.05) is 26.1 Å². The van der Waals surface area contributed by atoms with E-state index in [1.165, 1.54) is 24.1 Å². The van der Waals surface area contributed by atoms with Gasteiger partial charge in [0.15, 0.2) is 0 Å². The summed E-state index contributed by atoms with van der Waals surface area (Å²) in [5.74, 6) is 0. The topological polar surface area (TPSA) is 35.8 Å². The second kappa shape index (κ2) is 4.04. The molecule has 0 spiro atoms. The second-order valence-corrected chi connectivity index (χ2v) is 3.64. The lowest BCUT2D eigenvalue weighted by molar-refractivity contribution is -0.911. The molecule has 0 aliphatic carbocycles. The number of nitrogens with zero attached hydrogens (tertiary/aromatic N) is 1. The Balaban J connectivity index is 2.25. The van der Waals surface area contributed by atoms with Crippen LogP contribution in [0.1, 0.15) is 6.42 Å². The smallest absolute Gasteiger partial charge is 0.0911 e. The predicted molar refractivity (Wildman–Crippen MR) is 46.2 cm³/mol. The summed E-state index contributed by atoms with van der Waals surface area (Å²) in [4.78, 5) is 0. The van der Waals surface area contributed by atoms with Gasteiger partial charge in [0.25, 0.3) is 0 Å². The van der Waals surface area contributed by atoms with Crippen LogP contribution >= 0.6 is 0 Å². The summed E-state index contributed by atoms with van der Waals surface area (Å²) < 4.78 is 1.17. The largest absolute Gasteiger partial charge is 0.324 e. The van der Waals surface area contributed by atoms with Crippen LogP contribution in [0.5, 0.6) is 0 Å². The number of quaternary nitrogens is 1. The molecular weight excluding hydrogens is 138 g/mol. The maximum atomic E-state index is 7.08. The molecule has 0 aromatic carbocycles. The molecule has 1 rings (SSSR count). The molecule has 1 fully saturated rings. The van der Waals surface area contributed by atoms with Crippen molar-refractivity contribution < 1.29 is 4.48 Å². The first-order chi connectivity index (χ1) is 5.27. The molecule has 0 aromatic rings. The third kappa shape index (κ3) is 2.77. The number of likely N-dealkylation sites (N-methyl/N-ethyl adjacent to an activating group) is 1. The Bertz CT molecular complexity index is 108. The molecule has 2 N–H and O–H groups in total. The summed E-state index contributed by atoms with van der Waals surface area (Å²) >= 11 is 0. The SMILES string of the molecule is C[N+]1(CCC[NH])CCNCC1. The van der Waals surface area contributed by atoms with Crippen LogP contribution in [0.15, 0.2) is 0 Å². The van der Waals surface area contributed by atoms with Crippen molar-refractivity contribution in [3.8, 4) is 0 Å². The van der Waals surface area contributed by atoms with Gasteiger partial charge in [0.05, 0.1) is 26.7 Å². The highest BCUT2D eigenvalue weighted by atomic mass is 15.4. The van der Waals surface area contributed by atoms with E-state index in [1.807, 2.05) is 0 Å². The maximum Gasteiger partial charge on any atom is 0.0911 e. The van der Waals surface area contributed by atoms with E-state index >= 15 is 0 Å². The van der Waals surface area contributed by atoms with Gasteiger partial charge in [-0.15, -0.1) is 0 Å². The molecule has 1 aliphatic rings. The molecule has 1 heterocycles. The van der Waals surface area contributed by atoms with E-state index < -0.39 is 0 Å². The van der Waals surface area contributed by atoms with Gasteiger partial charge in [0.2, 0.25) is 0 Å². The third-order valence-electron chi connectivity index (χ3n) is 2.53. The third-order valence-corrected chi connectivity index (χ3v) is 2.53. The molecule has 0 saturated carbocycles. The molecule has 0 aromatic heterocycles. The molecule has 1 saturated heterocycles. The lowest BCUT2D eigenvalue weighted by Crippen LogP contribution is -2.56. The fraction of sp³-hybridized carbons (Fsp3) is 1.00. The number of piperazine rings is 1. The van der Waals surface area contributed by atoms with E-state index in [9.17, 15) is 0 Å². The van der Waals surface area contributed by atoms with Gasteiger partial charge in [-0.3, -0.25) is 5.73 Å². The minimum absolute atomic E-state index is 0.585. The average Bonchev–Trinajstić information content (AvgIpc) is 2.03. The minimum atomic E-state index is 0.585. The van der Waals surface area contributed by atoms with Crippen LogP contribution < -0.4 is 11.1 Å². The van der Waals surface area contributed by atoms with Crippen LogP contribution in [0.2, 0.25) is 0 Å². The Labute approximate surface area is 69.1 Å². The van der Waals surface area contributed by atoms with Crippen LogP contribution in [0.4, 0.5) is 0 Å². The summed E-state index contributed by atoms with van der Waals surface area (Å²) in [6.07, 6.45) is 1.05. The number of rotatable bonds is 3. The Hall–Kier alpha value is -0.120. The molecule has 3 nitrogen and oxygen atoms in total. The predicted octanol–water partition coefficient (Wildman–Crippen LogP) is -0.291. The van der Waals surface area contributed by atoms with Gasteiger partial charge in [-0.1, -0.05) is 0 Å². The molecule has 0 unspecified atom stereocenters. The number of nitrogens with one attached hydrogen (secondary N) is 2. The van der Waals surface area contributed by atoms with Gasteiger partial charge >= 0.3 is 0 Å². The van der Waals surface area contributed by atoms with E-state index in [1.54, 1.807) is 0 Å². The Morgan fingerprint density at radius 2 is 2.00 bits per heavy atom. The Morgan fingerprint density at radius 1 is 1.36 bits per heavy atom. The van der Waals surface area contributed by atoms with Crippen LogP contribution in [0.3, 0.4) is 0 Å². The molecule has 0 amide bonds. The summed E-state index contributed by atoms with van der Waals surface area (Å²) in [5, 5.41) is 3.35. The number of hydrogen-bond acceptors (Lipinski definition) is 1. The minimum Gasteiger partial charge on any atom is -0.324 e. The van der Waals surface area contributed by atoms with E-state index in [0.717, 1.165) is 19.5 Å². The summed E-state index contributed by atoms with van der Waals surface area (Å²) in [7, 11) is 2.30. The molecular formula is C8H19N3+. The highest BCUT2D eigenvalue weighted by molar-refractivity contribution is 4.55. The van der Waals surface area contributed by atoms with E-state index in [2.05, 4.69) is 12.4 Å². The highest BCUT2D eigenvalue weighted by Gasteiger charge is 2.22. The van der Waals surface area contributed by atoms with Crippen LogP contribution in [0, 0.1) is 0 Å². The molecule has 0 atom stereocenters. The van der Waals surface area contributed by atoms with Crippen molar-refractivity contribution in [1.82, 2.24) is 11.1 Å². The fourth-order valence-corrected chi connectivity index (χ4v) is 1.62. The van der Waals surface area contributed by atoms with E-state index in [0.29, 0.717) is 6.54 Å².